The molecule has 5 nitrogen and oxygen atoms in total. The zero-order valence-corrected chi connectivity index (χ0v) is 15.2. The van der Waals surface area contributed by atoms with E-state index in [0.717, 1.165) is 24.0 Å². The Bertz CT molecular complexity index is 560. The number of halogens is 1. The lowest BCUT2D eigenvalue weighted by Crippen LogP contribution is -2.51. The number of rotatable bonds is 4. The van der Waals surface area contributed by atoms with Crippen LogP contribution >= 0.6 is 15.9 Å². The largest absolute Gasteiger partial charge is 0.354 e. The summed E-state index contributed by atoms with van der Waals surface area (Å²) in [4.78, 5) is 12.6. The van der Waals surface area contributed by atoms with Gasteiger partial charge in [0.25, 0.3) is 0 Å². The normalized spacial score (nSPS) is 27.5. The van der Waals surface area contributed by atoms with Crippen molar-refractivity contribution in [2.75, 3.05) is 19.6 Å². The Morgan fingerprint density at radius 2 is 2.04 bits per heavy atom. The first-order chi connectivity index (χ1) is 11.0. The molecular formula is C17H25BrN4O. The smallest absolute Gasteiger partial charge is 0.238 e. The monoisotopic (exact) mass is 380 g/mol. The number of hydrogen-bond acceptors (Lipinski definition) is 4. The van der Waals surface area contributed by atoms with Gasteiger partial charge in [-0.1, -0.05) is 41.9 Å². The molecule has 3 rings (SSSR count). The molecule has 6 heteroatoms. The lowest BCUT2D eigenvalue weighted by molar-refractivity contribution is -0.124. The first-order valence-electron chi connectivity index (χ1n) is 8.23. The molecule has 2 aliphatic heterocycles. The molecule has 1 amide bonds. The number of nitrogens with one attached hydrogen (secondary N) is 4. The van der Waals surface area contributed by atoms with Gasteiger partial charge in [-0.2, -0.15) is 0 Å². The molecule has 2 aliphatic rings. The van der Waals surface area contributed by atoms with E-state index in [4.69, 9.17) is 0 Å². The summed E-state index contributed by atoms with van der Waals surface area (Å²) >= 11 is 3.46. The van der Waals surface area contributed by atoms with Crippen LogP contribution in [0.4, 0.5) is 0 Å². The molecule has 2 fully saturated rings. The van der Waals surface area contributed by atoms with Crippen molar-refractivity contribution < 1.29 is 4.79 Å². The van der Waals surface area contributed by atoms with E-state index in [9.17, 15) is 4.79 Å². The minimum absolute atomic E-state index is 0.0823. The molecule has 0 aliphatic carbocycles. The third kappa shape index (κ3) is 3.76. The van der Waals surface area contributed by atoms with Gasteiger partial charge >= 0.3 is 0 Å². The Balaban J connectivity index is 1.59. The fourth-order valence-corrected chi connectivity index (χ4v) is 3.66. The lowest BCUT2D eigenvalue weighted by atomic mass is 9.84. The molecule has 126 valence electrons. The molecule has 0 radical (unpaired) electrons. The number of carbonyl (C=O) groups excluding carboxylic acids is 1. The van der Waals surface area contributed by atoms with Crippen molar-refractivity contribution >= 4 is 21.8 Å². The van der Waals surface area contributed by atoms with E-state index in [0.29, 0.717) is 18.5 Å². The van der Waals surface area contributed by atoms with E-state index in [1.807, 2.05) is 12.1 Å². The number of benzene rings is 1. The maximum Gasteiger partial charge on any atom is 0.238 e. The number of piperidine rings is 1. The summed E-state index contributed by atoms with van der Waals surface area (Å²) in [6.07, 6.45) is 1.06. The predicted octanol–water partition coefficient (Wildman–Crippen LogP) is 1.30. The summed E-state index contributed by atoms with van der Waals surface area (Å²) in [5.74, 6) is 0.401. The van der Waals surface area contributed by atoms with Crippen LogP contribution in [0.2, 0.25) is 0 Å². The minimum Gasteiger partial charge on any atom is -0.354 e. The van der Waals surface area contributed by atoms with Gasteiger partial charge in [0.15, 0.2) is 0 Å². The van der Waals surface area contributed by atoms with Crippen LogP contribution < -0.4 is 21.5 Å². The molecule has 4 N–H and O–H groups in total. The number of carbonyl (C=O) groups is 1. The van der Waals surface area contributed by atoms with Gasteiger partial charge in [-0.05, 0) is 30.7 Å². The van der Waals surface area contributed by atoms with Gasteiger partial charge in [0, 0.05) is 34.9 Å². The molecular weight excluding hydrogens is 356 g/mol. The van der Waals surface area contributed by atoms with Crippen molar-refractivity contribution in [1.29, 1.82) is 0 Å². The second-order valence-corrected chi connectivity index (χ2v) is 8.05. The summed E-state index contributed by atoms with van der Waals surface area (Å²) < 4.78 is 1.07. The second-order valence-electron chi connectivity index (χ2n) is 7.14. The highest BCUT2D eigenvalue weighted by atomic mass is 79.9. The number of fused-ring (bicyclic) bond motifs is 1. The Morgan fingerprint density at radius 1 is 1.30 bits per heavy atom. The summed E-state index contributed by atoms with van der Waals surface area (Å²) in [6.45, 7) is 6.83. The van der Waals surface area contributed by atoms with E-state index in [2.05, 4.69) is 63.4 Å². The summed E-state index contributed by atoms with van der Waals surface area (Å²) in [6, 6.07) is 8.53. The minimum atomic E-state index is -0.159. The number of hydrazine groups is 1. The van der Waals surface area contributed by atoms with Gasteiger partial charge in [0.05, 0.1) is 0 Å². The van der Waals surface area contributed by atoms with Crippen molar-refractivity contribution in [2.24, 2.45) is 5.92 Å². The maximum atomic E-state index is 12.6. The molecule has 0 spiro atoms. The summed E-state index contributed by atoms with van der Waals surface area (Å²) in [7, 11) is 0. The molecule has 23 heavy (non-hydrogen) atoms. The predicted molar refractivity (Wildman–Crippen MR) is 95.0 cm³/mol. The van der Waals surface area contributed by atoms with Gasteiger partial charge in [0.2, 0.25) is 5.91 Å². The summed E-state index contributed by atoms with van der Waals surface area (Å²) in [5, 5.41) is 6.51. The van der Waals surface area contributed by atoms with Crippen molar-refractivity contribution in [3.05, 3.63) is 34.3 Å². The zero-order valence-electron chi connectivity index (χ0n) is 13.7. The quantitative estimate of drug-likeness (QED) is 0.635. The van der Waals surface area contributed by atoms with Gasteiger partial charge in [-0.3, -0.25) is 10.2 Å². The highest BCUT2D eigenvalue weighted by Gasteiger charge is 2.41. The summed E-state index contributed by atoms with van der Waals surface area (Å²) in [5.41, 5.74) is 7.56. The Labute approximate surface area is 146 Å². The molecule has 2 heterocycles. The van der Waals surface area contributed by atoms with E-state index in [1.54, 1.807) is 0 Å². The van der Waals surface area contributed by atoms with Crippen LogP contribution in [0, 0.1) is 5.92 Å². The fraction of sp³-hybridized carbons (Fsp3) is 0.588. The fourth-order valence-electron chi connectivity index (χ4n) is 3.40. The Kier molecular flexibility index (Phi) is 5.06. The average Bonchev–Trinajstić information content (AvgIpc) is 2.97. The number of amides is 1. The van der Waals surface area contributed by atoms with Crippen LogP contribution in [0.3, 0.4) is 0 Å². The first kappa shape index (κ1) is 16.9. The van der Waals surface area contributed by atoms with Gasteiger partial charge in [0.1, 0.15) is 6.04 Å². The van der Waals surface area contributed by atoms with Crippen LogP contribution in [0.5, 0.6) is 0 Å². The van der Waals surface area contributed by atoms with Crippen LogP contribution in [-0.2, 0) is 10.2 Å². The van der Waals surface area contributed by atoms with Crippen LogP contribution in [0.1, 0.15) is 25.8 Å². The van der Waals surface area contributed by atoms with Crippen LogP contribution in [0.25, 0.3) is 0 Å². The highest BCUT2D eigenvalue weighted by Crippen LogP contribution is 2.25. The molecule has 2 saturated heterocycles. The maximum absolute atomic E-state index is 12.6. The van der Waals surface area contributed by atoms with E-state index in [-0.39, 0.29) is 17.4 Å². The number of hydrogen-bond donors (Lipinski definition) is 4. The second kappa shape index (κ2) is 6.89. The van der Waals surface area contributed by atoms with Crippen molar-refractivity contribution in [2.45, 2.75) is 37.8 Å². The van der Waals surface area contributed by atoms with E-state index in [1.165, 1.54) is 5.56 Å². The third-order valence-electron chi connectivity index (χ3n) is 4.99. The third-order valence-corrected chi connectivity index (χ3v) is 5.52. The van der Waals surface area contributed by atoms with Gasteiger partial charge in [-0.15, -0.1) is 0 Å². The first-order valence-corrected chi connectivity index (χ1v) is 9.02. The van der Waals surface area contributed by atoms with Crippen molar-refractivity contribution in [3.8, 4) is 0 Å². The molecule has 3 unspecified atom stereocenters. The molecule has 3 atom stereocenters. The van der Waals surface area contributed by atoms with Gasteiger partial charge in [-0.25, -0.2) is 5.43 Å². The van der Waals surface area contributed by atoms with Crippen molar-refractivity contribution in [1.82, 2.24) is 21.5 Å². The standard InChI is InChI=1S/C17H25BrN4O/c1-17(2,11-3-5-12(18)6-4-11)10-20-16(23)15-13-9-19-8-7-14(13)21-22-15/h3-6,13-15,19,21-22H,7-10H2,1-2H3,(H,20,23). The average molecular weight is 381 g/mol. The van der Waals surface area contributed by atoms with Crippen LogP contribution in [0.15, 0.2) is 28.7 Å². The highest BCUT2D eigenvalue weighted by molar-refractivity contribution is 9.10. The van der Waals surface area contributed by atoms with Crippen molar-refractivity contribution in [3.63, 3.8) is 0 Å². The molecule has 0 bridgehead atoms. The molecule has 0 aromatic heterocycles. The molecule has 1 aromatic rings. The van der Waals surface area contributed by atoms with E-state index < -0.39 is 0 Å². The van der Waals surface area contributed by atoms with Gasteiger partial charge < -0.3 is 10.6 Å². The van der Waals surface area contributed by atoms with E-state index >= 15 is 0 Å². The molecule has 0 saturated carbocycles. The van der Waals surface area contributed by atoms with Crippen LogP contribution in [-0.4, -0.2) is 37.6 Å². The topological polar surface area (TPSA) is 65.2 Å². The zero-order chi connectivity index (χ0) is 16.4. The molecule has 1 aromatic carbocycles. The Morgan fingerprint density at radius 3 is 2.78 bits per heavy atom. The Hall–Kier alpha value is -0.950. The lowest BCUT2D eigenvalue weighted by Gasteiger charge is -2.29. The SMILES string of the molecule is CC(C)(CNC(=O)C1NNC2CCNCC21)c1ccc(Br)cc1.